The van der Waals surface area contributed by atoms with Crippen LogP contribution in [0.25, 0.3) is 0 Å². The third-order valence-corrected chi connectivity index (χ3v) is 3.71. The number of nitrogen functional groups attached to an aromatic ring is 1. The number of piperazine rings is 1. The van der Waals surface area contributed by atoms with Crippen LogP contribution in [-0.4, -0.2) is 35.3 Å². The lowest BCUT2D eigenvalue weighted by Crippen LogP contribution is -2.61. The third-order valence-electron chi connectivity index (χ3n) is 3.71. The quantitative estimate of drug-likeness (QED) is 0.412. The summed E-state index contributed by atoms with van der Waals surface area (Å²) in [5.41, 5.74) is 3.07. The number of nitrogens with zero attached hydrogens (tertiary/aromatic N) is 1. The van der Waals surface area contributed by atoms with Gasteiger partial charge in [-0.1, -0.05) is 12.1 Å². The molecule has 20 heavy (non-hydrogen) atoms. The highest BCUT2D eigenvalue weighted by Crippen LogP contribution is 2.20. The van der Waals surface area contributed by atoms with E-state index >= 15 is 0 Å². The maximum absolute atomic E-state index is 11.9. The van der Waals surface area contributed by atoms with E-state index in [0.29, 0.717) is 18.7 Å². The minimum absolute atomic E-state index is 0.0274. The molecule has 108 valence electrons. The van der Waals surface area contributed by atoms with Gasteiger partial charge in [0.05, 0.1) is 5.54 Å². The molecule has 6 nitrogen and oxygen atoms in total. The first-order valence-electron chi connectivity index (χ1n) is 6.58. The van der Waals surface area contributed by atoms with Gasteiger partial charge >= 0.3 is 0 Å². The van der Waals surface area contributed by atoms with Crippen molar-refractivity contribution in [3.8, 4) is 0 Å². The number of rotatable bonds is 3. The van der Waals surface area contributed by atoms with E-state index in [1.54, 1.807) is 12.1 Å². The van der Waals surface area contributed by atoms with E-state index in [2.05, 4.69) is 15.6 Å². The summed E-state index contributed by atoms with van der Waals surface area (Å²) in [6.07, 6.45) is 0. The normalized spacial score (nSPS) is 18.4. The number of benzene rings is 1. The molecule has 0 spiro atoms. The standard InChI is InChI=1S/C14H20N4O2/c1-14(2)13(20)16-6-7-18(14)9-10-4-3-5-11(8-10)12(19)17-15/h3-5,8H,6-7,9,15H2,1-2H3,(H,16,20)(H,17,19). The zero-order chi connectivity index (χ0) is 14.8. The summed E-state index contributed by atoms with van der Waals surface area (Å²) in [5, 5.41) is 2.87. The van der Waals surface area contributed by atoms with Gasteiger partial charge in [-0.3, -0.25) is 19.9 Å². The van der Waals surface area contributed by atoms with Crippen LogP contribution in [0.15, 0.2) is 24.3 Å². The minimum atomic E-state index is -0.551. The molecule has 0 saturated carbocycles. The Morgan fingerprint density at radius 2 is 2.25 bits per heavy atom. The summed E-state index contributed by atoms with van der Waals surface area (Å²) in [5.74, 6) is 4.85. The zero-order valence-corrected chi connectivity index (χ0v) is 11.8. The highest BCUT2D eigenvalue weighted by molar-refractivity contribution is 5.93. The molecule has 0 aliphatic carbocycles. The number of nitrogens with one attached hydrogen (secondary N) is 2. The predicted molar refractivity (Wildman–Crippen MR) is 75.6 cm³/mol. The molecular weight excluding hydrogens is 256 g/mol. The number of hydrogen-bond acceptors (Lipinski definition) is 4. The monoisotopic (exact) mass is 276 g/mol. The van der Waals surface area contributed by atoms with E-state index in [4.69, 9.17) is 5.84 Å². The fraction of sp³-hybridized carbons (Fsp3) is 0.429. The first kappa shape index (κ1) is 14.5. The van der Waals surface area contributed by atoms with Crippen LogP contribution in [0, 0.1) is 0 Å². The van der Waals surface area contributed by atoms with Crippen molar-refractivity contribution in [3.05, 3.63) is 35.4 Å². The van der Waals surface area contributed by atoms with Gasteiger partial charge in [-0.25, -0.2) is 5.84 Å². The molecule has 1 aliphatic rings. The van der Waals surface area contributed by atoms with Gasteiger partial charge in [0.2, 0.25) is 5.91 Å². The number of amides is 2. The molecule has 1 aromatic rings. The van der Waals surface area contributed by atoms with Crippen molar-refractivity contribution in [2.45, 2.75) is 25.9 Å². The SMILES string of the molecule is CC1(C)C(=O)NCCN1Cc1cccc(C(=O)NN)c1. The Labute approximate surface area is 118 Å². The maximum Gasteiger partial charge on any atom is 0.265 e. The number of carbonyl (C=O) groups is 2. The molecule has 2 rings (SSSR count). The second-order valence-corrected chi connectivity index (χ2v) is 5.41. The second-order valence-electron chi connectivity index (χ2n) is 5.41. The van der Waals surface area contributed by atoms with Crippen molar-refractivity contribution < 1.29 is 9.59 Å². The highest BCUT2D eigenvalue weighted by Gasteiger charge is 2.37. The number of hydrazine groups is 1. The average Bonchev–Trinajstić information content (AvgIpc) is 2.44. The van der Waals surface area contributed by atoms with E-state index in [1.165, 1.54) is 0 Å². The van der Waals surface area contributed by atoms with Crippen molar-refractivity contribution in [2.75, 3.05) is 13.1 Å². The molecule has 1 saturated heterocycles. The molecule has 4 N–H and O–H groups in total. The smallest absolute Gasteiger partial charge is 0.265 e. The fourth-order valence-corrected chi connectivity index (χ4v) is 2.34. The van der Waals surface area contributed by atoms with Gasteiger partial charge in [-0.05, 0) is 31.5 Å². The van der Waals surface area contributed by atoms with Gasteiger partial charge in [0.25, 0.3) is 5.91 Å². The molecular formula is C14H20N4O2. The van der Waals surface area contributed by atoms with Crippen LogP contribution >= 0.6 is 0 Å². The van der Waals surface area contributed by atoms with Crippen molar-refractivity contribution in [3.63, 3.8) is 0 Å². The summed E-state index contributed by atoms with van der Waals surface area (Å²) in [4.78, 5) is 25.5. The van der Waals surface area contributed by atoms with Crippen molar-refractivity contribution in [1.82, 2.24) is 15.6 Å². The molecule has 1 aromatic carbocycles. The Kier molecular flexibility index (Phi) is 4.06. The van der Waals surface area contributed by atoms with Gasteiger partial charge in [0.15, 0.2) is 0 Å². The Bertz CT molecular complexity index is 528. The Hall–Kier alpha value is -1.92. The second kappa shape index (κ2) is 5.60. The first-order valence-corrected chi connectivity index (χ1v) is 6.58. The lowest BCUT2D eigenvalue weighted by Gasteiger charge is -2.41. The van der Waals surface area contributed by atoms with Crippen LogP contribution in [0.3, 0.4) is 0 Å². The summed E-state index contributed by atoms with van der Waals surface area (Å²) in [6.45, 7) is 5.85. The fourth-order valence-electron chi connectivity index (χ4n) is 2.34. The van der Waals surface area contributed by atoms with Gasteiger partial charge < -0.3 is 5.32 Å². The predicted octanol–water partition coefficient (Wildman–Crippen LogP) is 0.000500. The summed E-state index contributed by atoms with van der Waals surface area (Å²) in [7, 11) is 0. The molecule has 1 fully saturated rings. The van der Waals surface area contributed by atoms with Crippen LogP contribution in [-0.2, 0) is 11.3 Å². The van der Waals surface area contributed by atoms with Gasteiger partial charge in [-0.15, -0.1) is 0 Å². The number of carbonyl (C=O) groups excluding carboxylic acids is 2. The molecule has 6 heteroatoms. The molecule has 0 radical (unpaired) electrons. The molecule has 1 heterocycles. The van der Waals surface area contributed by atoms with Gasteiger partial charge in [0, 0.05) is 25.2 Å². The Balaban J connectivity index is 2.17. The Morgan fingerprint density at radius 3 is 2.95 bits per heavy atom. The topological polar surface area (TPSA) is 87.5 Å². The van der Waals surface area contributed by atoms with Crippen LogP contribution in [0.4, 0.5) is 0 Å². The van der Waals surface area contributed by atoms with E-state index in [0.717, 1.165) is 12.1 Å². The van der Waals surface area contributed by atoms with Crippen LogP contribution in [0.1, 0.15) is 29.8 Å². The van der Waals surface area contributed by atoms with Crippen molar-refractivity contribution in [2.24, 2.45) is 5.84 Å². The average molecular weight is 276 g/mol. The summed E-state index contributed by atoms with van der Waals surface area (Å²) >= 11 is 0. The van der Waals surface area contributed by atoms with Crippen LogP contribution < -0.4 is 16.6 Å². The molecule has 0 atom stereocenters. The van der Waals surface area contributed by atoms with E-state index in [1.807, 2.05) is 26.0 Å². The molecule has 0 aromatic heterocycles. The lowest BCUT2D eigenvalue weighted by atomic mass is 9.97. The van der Waals surface area contributed by atoms with Crippen molar-refractivity contribution >= 4 is 11.8 Å². The van der Waals surface area contributed by atoms with Crippen LogP contribution in [0.2, 0.25) is 0 Å². The van der Waals surface area contributed by atoms with Crippen molar-refractivity contribution in [1.29, 1.82) is 0 Å². The zero-order valence-electron chi connectivity index (χ0n) is 11.8. The van der Waals surface area contributed by atoms with E-state index < -0.39 is 5.54 Å². The van der Waals surface area contributed by atoms with Gasteiger partial charge in [-0.2, -0.15) is 0 Å². The molecule has 0 bridgehead atoms. The van der Waals surface area contributed by atoms with Crippen LogP contribution in [0.5, 0.6) is 0 Å². The van der Waals surface area contributed by atoms with E-state index in [9.17, 15) is 9.59 Å². The first-order chi connectivity index (χ1) is 9.45. The number of nitrogens with two attached hydrogens (primary N) is 1. The molecule has 2 amide bonds. The van der Waals surface area contributed by atoms with Gasteiger partial charge in [0.1, 0.15) is 0 Å². The van der Waals surface area contributed by atoms with E-state index in [-0.39, 0.29) is 11.8 Å². The Morgan fingerprint density at radius 1 is 1.50 bits per heavy atom. The summed E-state index contributed by atoms with van der Waals surface area (Å²) in [6, 6.07) is 7.26. The minimum Gasteiger partial charge on any atom is -0.353 e. The summed E-state index contributed by atoms with van der Waals surface area (Å²) < 4.78 is 0. The third kappa shape index (κ3) is 2.81. The largest absolute Gasteiger partial charge is 0.353 e. The molecule has 0 unspecified atom stereocenters. The lowest BCUT2D eigenvalue weighted by molar-refractivity contribution is -0.135. The highest BCUT2D eigenvalue weighted by atomic mass is 16.2. The number of hydrogen-bond donors (Lipinski definition) is 3. The molecule has 1 aliphatic heterocycles. The maximum atomic E-state index is 11.9.